The first-order valence-electron chi connectivity index (χ1n) is 12.2. The molecule has 0 bridgehead atoms. The van der Waals surface area contributed by atoms with E-state index in [1.54, 1.807) is 18.2 Å². The van der Waals surface area contributed by atoms with Crippen LogP contribution in [0.1, 0.15) is 32.1 Å². The van der Waals surface area contributed by atoms with Crippen LogP contribution in [0.2, 0.25) is 0 Å². The van der Waals surface area contributed by atoms with Crippen molar-refractivity contribution in [2.24, 2.45) is 5.92 Å². The Labute approximate surface area is 209 Å². The van der Waals surface area contributed by atoms with Gasteiger partial charge in [0.15, 0.2) is 0 Å². The highest BCUT2D eigenvalue weighted by atomic mass is 16.5. The van der Waals surface area contributed by atoms with Gasteiger partial charge in [-0.2, -0.15) is 4.98 Å². The van der Waals surface area contributed by atoms with E-state index in [0.29, 0.717) is 50.2 Å². The average Bonchev–Trinajstić information content (AvgIpc) is 3.56. The van der Waals surface area contributed by atoms with Crippen LogP contribution in [0.25, 0.3) is 11.4 Å². The number of piperazine rings is 1. The van der Waals surface area contributed by atoms with E-state index in [9.17, 15) is 9.59 Å². The van der Waals surface area contributed by atoms with Gasteiger partial charge in [-0.15, -0.1) is 0 Å². The van der Waals surface area contributed by atoms with Gasteiger partial charge in [-0.25, -0.2) is 4.98 Å². The quantitative estimate of drug-likeness (QED) is 0.519. The monoisotopic (exact) mass is 490 g/mol. The van der Waals surface area contributed by atoms with Crippen molar-refractivity contribution in [3.8, 4) is 17.1 Å². The standard InChI is InChI=1S/C26H30N6O4/c1-17(2)25-28-24(29-36-25)18-7-8-22(27-15-18)30-9-11-31(12-10-30)26(34)19-13-23(33)32(16-19)20-5-4-6-21(14-20)35-3/h4-8,14-15,17,19H,9-13,16H2,1-3H3. The fourth-order valence-corrected chi connectivity index (χ4v) is 4.61. The van der Waals surface area contributed by atoms with Gasteiger partial charge in [0.2, 0.25) is 23.5 Å². The van der Waals surface area contributed by atoms with Crippen LogP contribution in [0.15, 0.2) is 47.1 Å². The summed E-state index contributed by atoms with van der Waals surface area (Å²) >= 11 is 0. The summed E-state index contributed by atoms with van der Waals surface area (Å²) in [7, 11) is 1.59. The number of rotatable bonds is 6. The zero-order chi connectivity index (χ0) is 25.2. The van der Waals surface area contributed by atoms with E-state index >= 15 is 0 Å². The predicted molar refractivity (Wildman–Crippen MR) is 134 cm³/mol. The Kier molecular flexibility index (Phi) is 6.58. The van der Waals surface area contributed by atoms with Gasteiger partial charge >= 0.3 is 0 Å². The molecule has 2 aliphatic rings. The number of carbonyl (C=O) groups excluding carboxylic acids is 2. The Balaban J connectivity index is 1.17. The summed E-state index contributed by atoms with van der Waals surface area (Å²) < 4.78 is 10.6. The summed E-state index contributed by atoms with van der Waals surface area (Å²) in [4.78, 5) is 40.6. The number of hydrogen-bond acceptors (Lipinski definition) is 8. The fraction of sp³-hybridized carbons (Fsp3) is 0.423. The van der Waals surface area contributed by atoms with Gasteiger partial charge in [0.25, 0.3) is 0 Å². The number of aromatic nitrogens is 3. The molecule has 0 N–H and O–H groups in total. The molecule has 1 unspecified atom stereocenters. The SMILES string of the molecule is COc1cccc(N2CC(C(=O)N3CCN(c4ccc(-c5noc(C(C)C)n5)cn4)CC3)CC2=O)c1. The molecule has 1 aromatic carbocycles. The minimum Gasteiger partial charge on any atom is -0.497 e. The van der Waals surface area contributed by atoms with Gasteiger partial charge in [-0.05, 0) is 24.3 Å². The van der Waals surface area contributed by atoms with Crippen molar-refractivity contribution in [3.63, 3.8) is 0 Å². The minimum atomic E-state index is -0.335. The third-order valence-corrected chi connectivity index (χ3v) is 6.70. The Hall–Kier alpha value is -3.95. The molecule has 2 amide bonds. The molecule has 188 valence electrons. The molecule has 10 heteroatoms. The first-order valence-corrected chi connectivity index (χ1v) is 12.2. The van der Waals surface area contributed by atoms with Gasteiger partial charge < -0.3 is 24.0 Å². The summed E-state index contributed by atoms with van der Waals surface area (Å²) in [6, 6.07) is 11.3. The molecule has 10 nitrogen and oxygen atoms in total. The molecular formula is C26H30N6O4. The Morgan fingerprint density at radius 2 is 1.94 bits per heavy atom. The zero-order valence-electron chi connectivity index (χ0n) is 20.8. The number of pyridine rings is 1. The molecule has 2 aromatic heterocycles. The van der Waals surface area contributed by atoms with Crippen LogP contribution in [0.3, 0.4) is 0 Å². The summed E-state index contributed by atoms with van der Waals surface area (Å²) in [6.45, 7) is 6.94. The summed E-state index contributed by atoms with van der Waals surface area (Å²) in [6.07, 6.45) is 1.98. The molecule has 3 aromatic rings. The van der Waals surface area contributed by atoms with Crippen molar-refractivity contribution < 1.29 is 18.8 Å². The number of benzene rings is 1. The highest BCUT2D eigenvalue weighted by molar-refractivity contribution is 6.00. The lowest BCUT2D eigenvalue weighted by molar-refractivity contribution is -0.136. The topological polar surface area (TPSA) is 105 Å². The van der Waals surface area contributed by atoms with Gasteiger partial charge in [-0.1, -0.05) is 25.1 Å². The molecule has 4 heterocycles. The predicted octanol–water partition coefficient (Wildman–Crippen LogP) is 2.97. The number of ether oxygens (including phenoxy) is 1. The summed E-state index contributed by atoms with van der Waals surface area (Å²) in [5.74, 6) is 2.50. The van der Waals surface area contributed by atoms with E-state index in [-0.39, 0.29) is 30.1 Å². The Bertz CT molecular complexity index is 1230. The first-order chi connectivity index (χ1) is 17.4. The molecule has 36 heavy (non-hydrogen) atoms. The Morgan fingerprint density at radius 3 is 2.61 bits per heavy atom. The molecule has 1 atom stereocenters. The molecule has 0 spiro atoms. The van der Waals surface area contributed by atoms with Crippen molar-refractivity contribution in [1.29, 1.82) is 0 Å². The molecule has 2 aliphatic heterocycles. The van der Waals surface area contributed by atoms with Crippen molar-refractivity contribution in [3.05, 3.63) is 48.5 Å². The highest BCUT2D eigenvalue weighted by Gasteiger charge is 2.38. The number of carbonyl (C=O) groups is 2. The zero-order valence-corrected chi connectivity index (χ0v) is 20.8. The minimum absolute atomic E-state index is 0.0355. The highest BCUT2D eigenvalue weighted by Crippen LogP contribution is 2.29. The molecule has 0 aliphatic carbocycles. The van der Waals surface area contributed by atoms with E-state index in [4.69, 9.17) is 9.26 Å². The van der Waals surface area contributed by atoms with Crippen LogP contribution in [-0.2, 0) is 9.59 Å². The molecular weight excluding hydrogens is 460 g/mol. The van der Waals surface area contributed by atoms with Crippen molar-refractivity contribution in [1.82, 2.24) is 20.0 Å². The molecule has 2 fully saturated rings. The smallest absolute Gasteiger partial charge is 0.229 e. The molecule has 2 saturated heterocycles. The van der Waals surface area contributed by atoms with Crippen LogP contribution < -0.4 is 14.5 Å². The largest absolute Gasteiger partial charge is 0.497 e. The van der Waals surface area contributed by atoms with Gasteiger partial charge in [-0.3, -0.25) is 9.59 Å². The molecule has 5 rings (SSSR count). The van der Waals surface area contributed by atoms with E-state index in [0.717, 1.165) is 17.1 Å². The second-order valence-electron chi connectivity index (χ2n) is 9.44. The maximum Gasteiger partial charge on any atom is 0.229 e. The first kappa shape index (κ1) is 23.8. The van der Waals surface area contributed by atoms with Crippen LogP contribution in [-0.4, -0.2) is 71.7 Å². The van der Waals surface area contributed by atoms with Crippen LogP contribution in [0.5, 0.6) is 5.75 Å². The van der Waals surface area contributed by atoms with Gasteiger partial charge in [0.1, 0.15) is 11.6 Å². The van der Waals surface area contributed by atoms with Gasteiger partial charge in [0.05, 0.1) is 13.0 Å². The molecule has 0 radical (unpaired) electrons. The van der Waals surface area contributed by atoms with E-state index < -0.39 is 0 Å². The van der Waals surface area contributed by atoms with Gasteiger partial charge in [0, 0.05) is 68.6 Å². The lowest BCUT2D eigenvalue weighted by atomic mass is 10.1. The molecule has 0 saturated carbocycles. The maximum absolute atomic E-state index is 13.2. The van der Waals surface area contributed by atoms with Crippen LogP contribution >= 0.6 is 0 Å². The van der Waals surface area contributed by atoms with E-state index in [1.807, 2.05) is 55.1 Å². The van der Waals surface area contributed by atoms with Crippen molar-refractivity contribution >= 4 is 23.3 Å². The summed E-state index contributed by atoms with van der Waals surface area (Å²) in [5.41, 5.74) is 1.56. The second-order valence-corrected chi connectivity index (χ2v) is 9.44. The number of amides is 2. The lowest BCUT2D eigenvalue weighted by Gasteiger charge is -2.36. The van der Waals surface area contributed by atoms with Crippen LogP contribution in [0, 0.1) is 5.92 Å². The number of hydrogen-bond donors (Lipinski definition) is 0. The van der Waals surface area contributed by atoms with Crippen LogP contribution in [0.4, 0.5) is 11.5 Å². The number of anilines is 2. The number of methoxy groups -OCH3 is 1. The average molecular weight is 491 g/mol. The lowest BCUT2D eigenvalue weighted by Crippen LogP contribution is -2.51. The second kappa shape index (κ2) is 9.96. The number of nitrogens with zero attached hydrogens (tertiary/aromatic N) is 6. The normalized spacial score (nSPS) is 18.3. The van der Waals surface area contributed by atoms with E-state index in [2.05, 4.69) is 20.0 Å². The van der Waals surface area contributed by atoms with Crippen molar-refractivity contribution in [2.75, 3.05) is 49.6 Å². The third kappa shape index (κ3) is 4.75. The summed E-state index contributed by atoms with van der Waals surface area (Å²) in [5, 5.41) is 4.04. The third-order valence-electron chi connectivity index (χ3n) is 6.70. The fourth-order valence-electron chi connectivity index (χ4n) is 4.61. The van der Waals surface area contributed by atoms with Crippen molar-refractivity contribution in [2.45, 2.75) is 26.2 Å². The van der Waals surface area contributed by atoms with E-state index in [1.165, 1.54) is 0 Å². The Morgan fingerprint density at radius 1 is 1.14 bits per heavy atom. The maximum atomic E-state index is 13.2.